The fourth-order valence-corrected chi connectivity index (χ4v) is 2.20. The molecule has 0 radical (unpaired) electrons. The van der Waals surface area contributed by atoms with Crippen molar-refractivity contribution in [1.29, 1.82) is 0 Å². The highest BCUT2D eigenvalue weighted by atomic mass is 79.9. The summed E-state index contributed by atoms with van der Waals surface area (Å²) in [7, 11) is 0. The molecule has 0 saturated carbocycles. The van der Waals surface area contributed by atoms with Crippen LogP contribution in [-0.2, 0) is 5.41 Å². The summed E-state index contributed by atoms with van der Waals surface area (Å²) < 4.78 is 6.50. The Bertz CT molecular complexity index is 610. The van der Waals surface area contributed by atoms with Gasteiger partial charge in [0.1, 0.15) is 16.5 Å². The van der Waals surface area contributed by atoms with Crippen molar-refractivity contribution in [3.8, 4) is 11.6 Å². The number of benzene rings is 1. The Morgan fingerprint density at radius 3 is 2.55 bits per heavy atom. The third kappa shape index (κ3) is 3.08. The second kappa shape index (κ2) is 5.76. The maximum Gasteiger partial charge on any atom is 0.238 e. The molecule has 0 bridgehead atoms. The van der Waals surface area contributed by atoms with Gasteiger partial charge in [-0.3, -0.25) is 0 Å². The van der Waals surface area contributed by atoms with Crippen LogP contribution >= 0.6 is 15.9 Å². The van der Waals surface area contributed by atoms with Gasteiger partial charge in [-0.15, -0.1) is 0 Å². The number of nitrogens with zero attached hydrogens (tertiary/aromatic N) is 2. The van der Waals surface area contributed by atoms with Gasteiger partial charge in [0, 0.05) is 5.56 Å². The van der Waals surface area contributed by atoms with E-state index in [1.807, 2.05) is 24.3 Å². The van der Waals surface area contributed by atoms with Crippen LogP contribution in [0.1, 0.15) is 26.3 Å². The van der Waals surface area contributed by atoms with Crippen LogP contribution in [0.15, 0.2) is 35.1 Å². The van der Waals surface area contributed by atoms with Crippen molar-refractivity contribution in [2.45, 2.75) is 26.2 Å². The monoisotopic (exact) mass is 336 g/mol. The van der Waals surface area contributed by atoms with Crippen molar-refractivity contribution in [3.05, 3.63) is 40.6 Å². The minimum atomic E-state index is -0.0228. The number of halogens is 1. The molecule has 106 valence electrons. The Kier molecular flexibility index (Phi) is 4.25. The molecule has 0 fully saturated rings. The first kappa shape index (κ1) is 14.7. The van der Waals surface area contributed by atoms with E-state index in [1.54, 1.807) is 0 Å². The third-order valence-electron chi connectivity index (χ3n) is 2.80. The summed E-state index contributed by atoms with van der Waals surface area (Å²) in [4.78, 5) is 8.13. The molecule has 0 aliphatic carbocycles. The van der Waals surface area contributed by atoms with Crippen LogP contribution in [0.4, 0.5) is 5.82 Å². The molecular weight excluding hydrogens is 320 g/mol. The zero-order valence-electron chi connectivity index (χ0n) is 11.6. The molecule has 0 atom stereocenters. The molecule has 5 nitrogen and oxygen atoms in total. The van der Waals surface area contributed by atoms with Gasteiger partial charge in [0.15, 0.2) is 5.82 Å². The number of rotatable bonds is 3. The number of nitrogens with one attached hydrogen (secondary N) is 1. The number of ether oxygens (including phenoxy) is 1. The number of hydrazine groups is 1. The predicted octanol–water partition coefficient (Wildman–Crippen LogP) is 3.61. The van der Waals surface area contributed by atoms with Crippen molar-refractivity contribution in [3.63, 3.8) is 0 Å². The molecule has 1 heterocycles. The minimum Gasteiger partial charge on any atom is -0.437 e. The van der Waals surface area contributed by atoms with Gasteiger partial charge in [0.25, 0.3) is 0 Å². The van der Waals surface area contributed by atoms with Crippen LogP contribution in [0, 0.1) is 0 Å². The molecule has 6 heteroatoms. The Balaban J connectivity index is 2.41. The first-order valence-electron chi connectivity index (χ1n) is 6.18. The molecule has 0 spiro atoms. The Labute approximate surface area is 126 Å². The van der Waals surface area contributed by atoms with Crippen LogP contribution in [-0.4, -0.2) is 9.97 Å². The van der Waals surface area contributed by atoms with Gasteiger partial charge < -0.3 is 10.2 Å². The third-order valence-corrected chi connectivity index (χ3v) is 3.51. The van der Waals surface area contributed by atoms with Crippen LogP contribution in [0.3, 0.4) is 0 Å². The van der Waals surface area contributed by atoms with Crippen molar-refractivity contribution >= 4 is 21.7 Å². The van der Waals surface area contributed by atoms with Gasteiger partial charge in [-0.2, -0.15) is 0 Å². The van der Waals surface area contributed by atoms with Gasteiger partial charge in [-0.05, 0) is 27.4 Å². The largest absolute Gasteiger partial charge is 0.437 e. The topological polar surface area (TPSA) is 73.1 Å². The lowest BCUT2D eigenvalue weighted by atomic mass is 9.86. The van der Waals surface area contributed by atoms with E-state index >= 15 is 0 Å². The second-order valence-corrected chi connectivity index (χ2v) is 6.13. The van der Waals surface area contributed by atoms with Crippen molar-refractivity contribution in [2.75, 3.05) is 5.43 Å². The molecule has 0 aliphatic heterocycles. The molecular formula is C14H17BrN4O. The number of anilines is 1. The van der Waals surface area contributed by atoms with Gasteiger partial charge >= 0.3 is 0 Å². The van der Waals surface area contributed by atoms with Gasteiger partial charge in [0.2, 0.25) is 5.88 Å². The zero-order chi connectivity index (χ0) is 14.8. The van der Waals surface area contributed by atoms with Gasteiger partial charge in [-0.25, -0.2) is 15.8 Å². The van der Waals surface area contributed by atoms with Crippen LogP contribution in [0.25, 0.3) is 0 Å². The first-order valence-corrected chi connectivity index (χ1v) is 6.97. The number of aromatic nitrogens is 2. The number of hydrogen-bond acceptors (Lipinski definition) is 5. The molecule has 1 aromatic heterocycles. The molecule has 3 N–H and O–H groups in total. The lowest BCUT2D eigenvalue weighted by Gasteiger charge is -2.22. The highest BCUT2D eigenvalue weighted by Gasteiger charge is 2.20. The highest BCUT2D eigenvalue weighted by molar-refractivity contribution is 9.10. The van der Waals surface area contributed by atoms with E-state index in [1.165, 1.54) is 6.33 Å². The summed E-state index contributed by atoms with van der Waals surface area (Å²) in [6.07, 6.45) is 1.40. The van der Waals surface area contributed by atoms with E-state index in [-0.39, 0.29) is 5.41 Å². The summed E-state index contributed by atoms with van der Waals surface area (Å²) in [5.41, 5.74) is 3.57. The lowest BCUT2D eigenvalue weighted by molar-refractivity contribution is 0.436. The summed E-state index contributed by atoms with van der Waals surface area (Å²) in [5, 5.41) is 0. The average Bonchev–Trinajstić information content (AvgIpc) is 2.40. The molecule has 1 aromatic carbocycles. The summed E-state index contributed by atoms with van der Waals surface area (Å²) in [6.45, 7) is 6.41. The fourth-order valence-electron chi connectivity index (χ4n) is 1.80. The quantitative estimate of drug-likeness (QED) is 0.661. The number of hydrogen-bond donors (Lipinski definition) is 2. The normalized spacial score (nSPS) is 11.2. The van der Waals surface area contributed by atoms with Gasteiger partial charge in [0.05, 0.1) is 0 Å². The highest BCUT2D eigenvalue weighted by Crippen LogP contribution is 2.36. The SMILES string of the molecule is CC(C)(C)c1ccccc1Oc1ncnc(NN)c1Br. The zero-order valence-corrected chi connectivity index (χ0v) is 13.2. The van der Waals surface area contributed by atoms with Crippen LogP contribution < -0.4 is 16.0 Å². The standard InChI is InChI=1S/C14H17BrN4O/c1-14(2,3)9-6-4-5-7-10(9)20-13-11(15)12(19-16)17-8-18-13/h4-8H,16H2,1-3H3,(H,17,18,19). The molecule has 0 unspecified atom stereocenters. The predicted molar refractivity (Wildman–Crippen MR) is 82.8 cm³/mol. The molecule has 20 heavy (non-hydrogen) atoms. The fraction of sp³-hybridized carbons (Fsp3) is 0.286. The van der Waals surface area contributed by atoms with Crippen LogP contribution in [0.5, 0.6) is 11.6 Å². The average molecular weight is 337 g/mol. The maximum atomic E-state index is 5.92. The van der Waals surface area contributed by atoms with Gasteiger partial charge in [-0.1, -0.05) is 39.0 Å². The minimum absolute atomic E-state index is 0.0228. The summed E-state index contributed by atoms with van der Waals surface area (Å²) >= 11 is 3.38. The lowest BCUT2D eigenvalue weighted by Crippen LogP contribution is -2.13. The first-order chi connectivity index (χ1) is 9.43. The van der Waals surface area contributed by atoms with Crippen LogP contribution in [0.2, 0.25) is 0 Å². The second-order valence-electron chi connectivity index (χ2n) is 5.33. The van der Waals surface area contributed by atoms with E-state index in [0.29, 0.717) is 16.2 Å². The van der Waals surface area contributed by atoms with E-state index in [0.717, 1.165) is 11.3 Å². The van der Waals surface area contributed by atoms with E-state index in [9.17, 15) is 0 Å². The van der Waals surface area contributed by atoms with E-state index < -0.39 is 0 Å². The Morgan fingerprint density at radius 1 is 1.20 bits per heavy atom. The Hall–Kier alpha value is -1.66. The maximum absolute atomic E-state index is 5.92. The molecule has 2 aromatic rings. The number of nitrogen functional groups attached to an aromatic ring is 1. The molecule has 0 amide bonds. The van der Waals surface area contributed by atoms with Crippen molar-refractivity contribution in [1.82, 2.24) is 9.97 Å². The van der Waals surface area contributed by atoms with Crippen molar-refractivity contribution in [2.24, 2.45) is 5.84 Å². The Morgan fingerprint density at radius 2 is 1.90 bits per heavy atom. The van der Waals surface area contributed by atoms with Crippen molar-refractivity contribution < 1.29 is 4.74 Å². The van der Waals surface area contributed by atoms with E-state index in [4.69, 9.17) is 10.6 Å². The number of para-hydroxylation sites is 1. The summed E-state index contributed by atoms with van der Waals surface area (Å²) in [5.74, 6) is 7.05. The van der Waals surface area contributed by atoms with E-state index in [2.05, 4.69) is 52.1 Å². The summed E-state index contributed by atoms with van der Waals surface area (Å²) in [6, 6.07) is 7.90. The smallest absolute Gasteiger partial charge is 0.238 e. The molecule has 0 saturated heterocycles. The number of nitrogens with two attached hydrogens (primary N) is 1. The molecule has 2 rings (SSSR count). The molecule has 0 aliphatic rings.